The summed E-state index contributed by atoms with van der Waals surface area (Å²) in [5.74, 6) is -1.23. The molecular weight excluding hydrogens is 636 g/mol. The van der Waals surface area contributed by atoms with E-state index >= 15 is 0 Å². The molecule has 1 aromatic carbocycles. The van der Waals surface area contributed by atoms with Crippen molar-refractivity contribution in [3.05, 3.63) is 78.1 Å². The lowest BCUT2D eigenvalue weighted by molar-refractivity contribution is -0.198. The molecule has 1 amide bonds. The number of fused-ring (bicyclic) bond motifs is 2. The van der Waals surface area contributed by atoms with Crippen molar-refractivity contribution >= 4 is 40.9 Å². The summed E-state index contributed by atoms with van der Waals surface area (Å²) >= 11 is 0. The second kappa shape index (κ2) is 13.3. The highest BCUT2D eigenvalue weighted by atomic mass is 16.8. The highest BCUT2D eigenvalue weighted by molar-refractivity contribution is 6.12. The standard InChI is InChI=1S/C34H36N6O9/c1-33(2,3)49-32(43)39-28-25-29(37-17-36-28)40(18-38-25)30-27-26(47-34(4,5)48-27)24(46-30)16-45-20-13-19(14-35-15-20)11-12-23(41)21-9-7-8-10-22(21)31(42)44-6/h7-15,17-18,24,26-27,30H,16H2,1-6H3,(H,36,37,39,43)/b12-11+/t24-,26-,27-,30-/m1/s1. The van der Waals surface area contributed by atoms with Crippen LogP contribution in [0.5, 0.6) is 5.75 Å². The smallest absolute Gasteiger partial charge is 0.413 e. The first kappa shape index (κ1) is 33.6. The molecule has 0 aliphatic carbocycles. The molecule has 2 saturated heterocycles. The summed E-state index contributed by atoms with van der Waals surface area (Å²) in [6.07, 6.45) is 5.97. The van der Waals surface area contributed by atoms with E-state index in [0.717, 1.165) is 0 Å². The van der Waals surface area contributed by atoms with Crippen LogP contribution in [0.1, 0.15) is 67.1 Å². The lowest BCUT2D eigenvalue weighted by atomic mass is 10.0. The van der Waals surface area contributed by atoms with Gasteiger partial charge in [-0.3, -0.25) is 19.7 Å². The SMILES string of the molecule is COC(=O)c1ccccc1C(=O)/C=C/c1cncc(OC[C@H]2O[C@@H](n3cnc4c(NC(=O)OC(C)(C)C)ncnc43)[C@@H]3OC(C)(C)O[C@@H]32)c1. The Labute approximate surface area is 281 Å². The molecule has 2 aliphatic rings. The van der Waals surface area contributed by atoms with Crippen LogP contribution in [0.4, 0.5) is 10.6 Å². The van der Waals surface area contributed by atoms with Crippen molar-refractivity contribution in [2.45, 2.75) is 70.5 Å². The first-order valence-electron chi connectivity index (χ1n) is 15.5. The van der Waals surface area contributed by atoms with Crippen LogP contribution in [0.15, 0.2) is 61.5 Å². The Balaban J connectivity index is 1.17. The molecule has 256 valence electrons. The van der Waals surface area contributed by atoms with E-state index in [1.165, 1.54) is 25.6 Å². The average Bonchev–Trinajstić information content (AvgIpc) is 3.72. The summed E-state index contributed by atoms with van der Waals surface area (Å²) in [6, 6.07) is 8.16. The van der Waals surface area contributed by atoms with E-state index in [1.807, 2.05) is 13.8 Å². The average molecular weight is 673 g/mol. The molecule has 5 heterocycles. The first-order valence-corrected chi connectivity index (χ1v) is 15.5. The van der Waals surface area contributed by atoms with E-state index in [0.29, 0.717) is 22.5 Å². The fourth-order valence-corrected chi connectivity index (χ4v) is 5.58. The molecule has 15 heteroatoms. The van der Waals surface area contributed by atoms with Crippen LogP contribution in [0.3, 0.4) is 0 Å². The Morgan fingerprint density at radius 2 is 1.80 bits per heavy atom. The van der Waals surface area contributed by atoms with Gasteiger partial charge in [0.25, 0.3) is 0 Å². The number of amides is 1. The van der Waals surface area contributed by atoms with Gasteiger partial charge < -0.3 is 28.4 Å². The maximum absolute atomic E-state index is 12.9. The highest BCUT2D eigenvalue weighted by Crippen LogP contribution is 2.44. The lowest BCUT2D eigenvalue weighted by Gasteiger charge is -2.24. The van der Waals surface area contributed by atoms with Crippen molar-refractivity contribution in [2.75, 3.05) is 19.0 Å². The van der Waals surface area contributed by atoms with Gasteiger partial charge in [0.1, 0.15) is 42.6 Å². The van der Waals surface area contributed by atoms with Crippen LogP contribution in [-0.4, -0.2) is 85.8 Å². The molecule has 0 spiro atoms. The molecular formula is C34H36N6O9. The number of hydrogen-bond acceptors (Lipinski definition) is 13. The zero-order valence-corrected chi connectivity index (χ0v) is 27.8. The summed E-state index contributed by atoms with van der Waals surface area (Å²) in [5.41, 5.74) is 1.06. The van der Waals surface area contributed by atoms with E-state index in [9.17, 15) is 14.4 Å². The second-order valence-corrected chi connectivity index (χ2v) is 12.8. The molecule has 0 radical (unpaired) electrons. The first-order chi connectivity index (χ1) is 23.3. The molecule has 2 aliphatic heterocycles. The van der Waals surface area contributed by atoms with Crippen LogP contribution in [0.25, 0.3) is 17.2 Å². The Morgan fingerprint density at radius 1 is 1.04 bits per heavy atom. The van der Waals surface area contributed by atoms with Gasteiger partial charge >= 0.3 is 12.1 Å². The van der Waals surface area contributed by atoms with Gasteiger partial charge in [-0.1, -0.05) is 18.2 Å². The fraction of sp³-hybridized carbons (Fsp3) is 0.382. The Hall–Kier alpha value is -5.25. The van der Waals surface area contributed by atoms with Crippen LogP contribution in [-0.2, 0) is 23.7 Å². The molecule has 3 aromatic heterocycles. The molecule has 0 unspecified atom stereocenters. The zero-order chi connectivity index (χ0) is 34.9. The number of nitrogens with zero attached hydrogens (tertiary/aromatic N) is 5. The Bertz CT molecular complexity index is 1920. The topological polar surface area (TPSA) is 175 Å². The lowest BCUT2D eigenvalue weighted by Crippen LogP contribution is -2.33. The van der Waals surface area contributed by atoms with Crippen molar-refractivity contribution in [2.24, 2.45) is 0 Å². The second-order valence-electron chi connectivity index (χ2n) is 12.8. The predicted molar refractivity (Wildman–Crippen MR) is 174 cm³/mol. The number of nitrogens with one attached hydrogen (secondary N) is 1. The summed E-state index contributed by atoms with van der Waals surface area (Å²) in [5, 5.41) is 2.64. The molecule has 1 N–H and O–H groups in total. The molecule has 15 nitrogen and oxygen atoms in total. The fourth-order valence-electron chi connectivity index (χ4n) is 5.58. The van der Waals surface area contributed by atoms with Crippen molar-refractivity contribution < 1.29 is 42.8 Å². The van der Waals surface area contributed by atoms with Crippen LogP contribution < -0.4 is 10.1 Å². The quantitative estimate of drug-likeness (QED) is 0.147. The van der Waals surface area contributed by atoms with E-state index in [-0.39, 0.29) is 29.3 Å². The van der Waals surface area contributed by atoms with Gasteiger partial charge in [-0.2, -0.15) is 0 Å². The number of carbonyl (C=O) groups excluding carboxylic acids is 3. The normalized spacial score (nSPS) is 21.4. The Kier molecular flexibility index (Phi) is 9.16. The number of aromatic nitrogens is 5. The number of esters is 1. The number of methoxy groups -OCH3 is 1. The van der Waals surface area contributed by atoms with E-state index in [1.54, 1.807) is 74.4 Å². The van der Waals surface area contributed by atoms with Gasteiger partial charge in [0.05, 0.1) is 25.2 Å². The van der Waals surface area contributed by atoms with Gasteiger partial charge in [0.2, 0.25) is 0 Å². The van der Waals surface area contributed by atoms with E-state index < -0.39 is 48.0 Å². The van der Waals surface area contributed by atoms with Crippen LogP contribution in [0.2, 0.25) is 0 Å². The minimum absolute atomic E-state index is 0.0878. The summed E-state index contributed by atoms with van der Waals surface area (Å²) < 4.78 is 36.9. The summed E-state index contributed by atoms with van der Waals surface area (Å²) in [7, 11) is 1.26. The van der Waals surface area contributed by atoms with E-state index in [2.05, 4.69) is 25.3 Å². The number of benzene rings is 1. The van der Waals surface area contributed by atoms with Gasteiger partial charge in [0.15, 0.2) is 34.8 Å². The number of ether oxygens (including phenoxy) is 6. The number of pyridine rings is 1. The van der Waals surface area contributed by atoms with Gasteiger partial charge in [0, 0.05) is 11.8 Å². The molecule has 0 bridgehead atoms. The van der Waals surface area contributed by atoms with Gasteiger partial charge in [-0.25, -0.2) is 24.5 Å². The minimum Gasteiger partial charge on any atom is -0.489 e. The van der Waals surface area contributed by atoms with Gasteiger partial charge in [-0.05, 0) is 64.5 Å². The number of allylic oxidation sites excluding steroid dienone is 1. The maximum atomic E-state index is 12.9. The third-order valence-electron chi connectivity index (χ3n) is 7.55. The zero-order valence-electron chi connectivity index (χ0n) is 27.8. The van der Waals surface area contributed by atoms with Crippen molar-refractivity contribution in [1.29, 1.82) is 0 Å². The maximum Gasteiger partial charge on any atom is 0.413 e. The number of ketones is 1. The van der Waals surface area contributed by atoms with Gasteiger partial charge in [-0.15, -0.1) is 0 Å². The number of imidazole rings is 1. The summed E-state index contributed by atoms with van der Waals surface area (Å²) in [4.78, 5) is 54.7. The van der Waals surface area contributed by atoms with Crippen molar-refractivity contribution in [3.63, 3.8) is 0 Å². The molecule has 0 saturated carbocycles. The highest BCUT2D eigenvalue weighted by Gasteiger charge is 2.56. The van der Waals surface area contributed by atoms with Crippen molar-refractivity contribution in [3.8, 4) is 5.75 Å². The summed E-state index contributed by atoms with van der Waals surface area (Å²) in [6.45, 7) is 9.02. The molecule has 2 fully saturated rings. The third-order valence-corrected chi connectivity index (χ3v) is 7.55. The number of rotatable bonds is 9. The van der Waals surface area contributed by atoms with E-state index in [4.69, 9.17) is 28.4 Å². The largest absolute Gasteiger partial charge is 0.489 e. The van der Waals surface area contributed by atoms with Crippen LogP contribution >= 0.6 is 0 Å². The number of hydrogen-bond donors (Lipinski definition) is 1. The third kappa shape index (κ3) is 7.43. The van der Waals surface area contributed by atoms with Crippen LogP contribution in [0, 0.1) is 0 Å². The monoisotopic (exact) mass is 672 g/mol. The minimum atomic E-state index is -0.893. The molecule has 4 atom stereocenters. The molecule has 6 rings (SSSR count). The van der Waals surface area contributed by atoms with Crippen molar-refractivity contribution in [1.82, 2.24) is 24.5 Å². The molecule has 4 aromatic rings. The Morgan fingerprint density at radius 3 is 2.55 bits per heavy atom. The molecule has 49 heavy (non-hydrogen) atoms. The number of carbonyl (C=O) groups is 3. The number of anilines is 1. The predicted octanol–water partition coefficient (Wildman–Crippen LogP) is 4.75.